The summed E-state index contributed by atoms with van der Waals surface area (Å²) in [7, 11) is 0. The fourth-order valence-electron chi connectivity index (χ4n) is 7.42. The van der Waals surface area contributed by atoms with Gasteiger partial charge < -0.3 is 4.90 Å². The van der Waals surface area contributed by atoms with Crippen LogP contribution in [-0.2, 0) is 10.8 Å². The Morgan fingerprint density at radius 2 is 1.61 bits per heavy atom. The first kappa shape index (κ1) is 27.8. The van der Waals surface area contributed by atoms with Crippen molar-refractivity contribution in [1.82, 2.24) is 0 Å². The van der Waals surface area contributed by atoms with Crippen LogP contribution in [0.15, 0.2) is 107 Å². The van der Waals surface area contributed by atoms with E-state index in [2.05, 4.69) is 136 Å². The standard InChI is InChI=1S/C38H42ClN2/c1-7-40-31-19-12-11-18-30(31)37(3,4)33(40)24-21-27-15-13-16-28(36(27)39)22-25-34-38(5,6)35-29-17-10-9-14-26(29)20-23-32(35)41(34)8-2/h9-12,14,17-25H,7-8,13,15-16H2,1-6H3/q+1. The highest BCUT2D eigenvalue weighted by atomic mass is 35.5. The molecule has 3 aromatic carbocycles. The van der Waals surface area contributed by atoms with Gasteiger partial charge in [0, 0.05) is 46.1 Å². The molecule has 0 saturated carbocycles. The first-order chi connectivity index (χ1) is 19.7. The molecule has 0 bridgehead atoms. The largest absolute Gasteiger partial charge is 0.344 e. The zero-order chi connectivity index (χ0) is 28.9. The molecule has 0 saturated heterocycles. The van der Waals surface area contributed by atoms with E-state index in [-0.39, 0.29) is 10.8 Å². The Hall–Kier alpha value is -3.36. The van der Waals surface area contributed by atoms with Crippen LogP contribution in [0.3, 0.4) is 0 Å². The van der Waals surface area contributed by atoms with Gasteiger partial charge in [-0.05, 0) is 92.6 Å². The summed E-state index contributed by atoms with van der Waals surface area (Å²) in [4.78, 5) is 2.45. The van der Waals surface area contributed by atoms with Gasteiger partial charge in [-0.1, -0.05) is 80.1 Å². The third kappa shape index (κ3) is 4.43. The first-order valence-corrected chi connectivity index (χ1v) is 15.6. The minimum atomic E-state index is -0.0971. The van der Waals surface area contributed by atoms with Crippen LogP contribution in [0.25, 0.3) is 10.8 Å². The lowest BCUT2D eigenvalue weighted by Crippen LogP contribution is -2.27. The number of allylic oxidation sites excluding steroid dienone is 8. The Morgan fingerprint density at radius 1 is 0.854 bits per heavy atom. The van der Waals surface area contributed by atoms with Gasteiger partial charge in [0.25, 0.3) is 0 Å². The van der Waals surface area contributed by atoms with Crippen LogP contribution in [-0.4, -0.2) is 23.4 Å². The van der Waals surface area contributed by atoms with E-state index in [0.717, 1.165) is 37.4 Å². The van der Waals surface area contributed by atoms with Crippen molar-refractivity contribution in [2.45, 2.75) is 71.6 Å². The molecule has 0 fully saturated rings. The van der Waals surface area contributed by atoms with Gasteiger partial charge in [0.15, 0.2) is 5.71 Å². The quantitative estimate of drug-likeness (QED) is 0.281. The Balaban J connectivity index is 1.35. The molecule has 3 aliphatic rings. The summed E-state index contributed by atoms with van der Waals surface area (Å²) in [6, 6.07) is 22.1. The van der Waals surface area contributed by atoms with E-state index >= 15 is 0 Å². The summed E-state index contributed by atoms with van der Waals surface area (Å²) in [6.07, 6.45) is 12.4. The molecule has 3 heteroatoms. The highest BCUT2D eigenvalue weighted by Crippen LogP contribution is 2.48. The smallest absolute Gasteiger partial charge is 0.210 e. The number of benzene rings is 3. The topological polar surface area (TPSA) is 6.25 Å². The molecule has 2 aliphatic heterocycles. The van der Waals surface area contributed by atoms with Gasteiger partial charge in [0.2, 0.25) is 5.69 Å². The summed E-state index contributed by atoms with van der Waals surface area (Å²) in [5, 5.41) is 3.57. The van der Waals surface area contributed by atoms with Crippen LogP contribution in [0, 0.1) is 0 Å². The minimum Gasteiger partial charge on any atom is -0.344 e. The average Bonchev–Trinajstić information content (AvgIpc) is 3.34. The highest BCUT2D eigenvalue weighted by molar-refractivity contribution is 6.32. The maximum Gasteiger partial charge on any atom is 0.210 e. The summed E-state index contributed by atoms with van der Waals surface area (Å²) in [6.45, 7) is 15.8. The normalized spacial score (nSPS) is 21.6. The summed E-state index contributed by atoms with van der Waals surface area (Å²) >= 11 is 7.15. The second-order valence-corrected chi connectivity index (χ2v) is 13.0. The summed E-state index contributed by atoms with van der Waals surface area (Å²) < 4.78 is 2.48. The van der Waals surface area contributed by atoms with Crippen molar-refractivity contribution in [3.8, 4) is 0 Å². The lowest BCUT2D eigenvalue weighted by molar-refractivity contribution is -0.433. The third-order valence-corrected chi connectivity index (χ3v) is 10.0. The molecule has 2 nitrogen and oxygen atoms in total. The fraction of sp³-hybridized carbons (Fsp3) is 0.342. The molecule has 0 radical (unpaired) electrons. The van der Waals surface area contributed by atoms with Crippen molar-refractivity contribution in [3.05, 3.63) is 118 Å². The fourth-order valence-corrected chi connectivity index (χ4v) is 7.74. The van der Waals surface area contributed by atoms with Crippen LogP contribution in [0.2, 0.25) is 0 Å². The van der Waals surface area contributed by atoms with Crippen molar-refractivity contribution in [3.63, 3.8) is 0 Å². The predicted octanol–water partition coefficient (Wildman–Crippen LogP) is 10.1. The van der Waals surface area contributed by atoms with Crippen LogP contribution >= 0.6 is 11.6 Å². The number of halogens is 1. The molecule has 0 amide bonds. The zero-order valence-electron chi connectivity index (χ0n) is 25.4. The molecule has 2 heterocycles. The van der Waals surface area contributed by atoms with E-state index < -0.39 is 0 Å². The predicted molar refractivity (Wildman–Crippen MR) is 177 cm³/mol. The second kappa shape index (κ2) is 10.5. The number of likely N-dealkylation sites (N-methyl/N-ethyl adjacent to an activating group) is 1. The van der Waals surface area contributed by atoms with E-state index in [9.17, 15) is 0 Å². The van der Waals surface area contributed by atoms with Gasteiger partial charge in [-0.25, -0.2) is 0 Å². The van der Waals surface area contributed by atoms with Crippen molar-refractivity contribution in [2.24, 2.45) is 0 Å². The third-order valence-electron chi connectivity index (χ3n) is 9.53. The van der Waals surface area contributed by atoms with E-state index in [0.29, 0.717) is 0 Å². The van der Waals surface area contributed by atoms with Gasteiger partial charge in [-0.2, -0.15) is 4.58 Å². The number of fused-ring (bicyclic) bond motifs is 4. The Labute approximate surface area is 251 Å². The molecule has 41 heavy (non-hydrogen) atoms. The lowest BCUT2D eigenvalue weighted by atomic mass is 9.79. The number of nitrogens with zero attached hydrogens (tertiary/aromatic N) is 2. The maximum atomic E-state index is 7.15. The molecule has 0 N–H and O–H groups in total. The number of anilines is 1. The van der Waals surface area contributed by atoms with Crippen LogP contribution in [0.4, 0.5) is 11.4 Å². The van der Waals surface area contributed by atoms with E-state index in [4.69, 9.17) is 11.6 Å². The molecule has 0 atom stereocenters. The Kier molecular flexibility index (Phi) is 7.10. The maximum absolute atomic E-state index is 7.15. The van der Waals surface area contributed by atoms with Gasteiger partial charge in [0.05, 0.1) is 5.41 Å². The highest BCUT2D eigenvalue weighted by Gasteiger charge is 2.45. The Bertz CT molecular complexity index is 1690. The molecule has 0 aromatic heterocycles. The summed E-state index contributed by atoms with van der Waals surface area (Å²) in [5.74, 6) is 0. The van der Waals surface area contributed by atoms with E-state index in [1.54, 1.807) is 0 Å². The van der Waals surface area contributed by atoms with Gasteiger partial charge in [-0.15, -0.1) is 0 Å². The van der Waals surface area contributed by atoms with Crippen LogP contribution in [0.5, 0.6) is 0 Å². The van der Waals surface area contributed by atoms with Crippen LogP contribution in [0.1, 0.15) is 71.9 Å². The van der Waals surface area contributed by atoms with Gasteiger partial charge in [0.1, 0.15) is 6.54 Å². The van der Waals surface area contributed by atoms with Crippen molar-refractivity contribution in [1.29, 1.82) is 0 Å². The first-order valence-electron chi connectivity index (χ1n) is 15.2. The van der Waals surface area contributed by atoms with Crippen molar-refractivity contribution >= 4 is 39.5 Å². The molecule has 1 aliphatic carbocycles. The average molecular weight is 562 g/mol. The molecular formula is C38H42ClN2+. The molecule has 0 unspecified atom stereocenters. The van der Waals surface area contributed by atoms with Crippen molar-refractivity contribution < 1.29 is 4.58 Å². The molecule has 3 aromatic rings. The van der Waals surface area contributed by atoms with Crippen LogP contribution < -0.4 is 4.90 Å². The second-order valence-electron chi connectivity index (χ2n) is 12.6. The lowest BCUT2D eigenvalue weighted by Gasteiger charge is -2.26. The zero-order valence-corrected chi connectivity index (χ0v) is 26.1. The minimum absolute atomic E-state index is 0.0370. The SMILES string of the molecule is CCN1/C(=C/C=C2\CCCC(/C=C/C3=[N+](CC)c4ccc5ccccc5c4C3(C)C)=C2Cl)C(C)(C)c2ccccc21. The van der Waals surface area contributed by atoms with E-state index in [1.807, 2.05) is 0 Å². The monoisotopic (exact) mass is 561 g/mol. The number of para-hydroxylation sites is 1. The number of hydrogen-bond acceptors (Lipinski definition) is 1. The number of rotatable bonds is 5. The van der Waals surface area contributed by atoms with Crippen molar-refractivity contribution in [2.75, 3.05) is 18.0 Å². The number of hydrogen-bond donors (Lipinski definition) is 0. The summed E-state index contributed by atoms with van der Waals surface area (Å²) in [5.41, 5.74) is 10.5. The van der Waals surface area contributed by atoms with Gasteiger partial charge in [-0.3, -0.25) is 0 Å². The molecule has 6 rings (SSSR count). The van der Waals surface area contributed by atoms with E-state index in [1.165, 1.54) is 55.8 Å². The molecule has 0 spiro atoms. The molecular weight excluding hydrogens is 520 g/mol. The molecule has 210 valence electrons. The van der Waals surface area contributed by atoms with Gasteiger partial charge >= 0.3 is 0 Å². The Morgan fingerprint density at radius 3 is 2.39 bits per heavy atom.